The number of anilines is 1. The molecule has 1 aromatic rings. The Morgan fingerprint density at radius 2 is 1.68 bits per heavy atom. The molecule has 1 aromatic carbocycles. The number of aryl methyl sites for hydroxylation is 2. The first-order valence-electron chi connectivity index (χ1n) is 9.01. The Morgan fingerprint density at radius 1 is 1.00 bits per heavy atom. The van der Waals surface area contributed by atoms with Crippen LogP contribution in [0.2, 0.25) is 0 Å². The van der Waals surface area contributed by atoms with Crippen LogP contribution >= 0.6 is 0 Å². The first kappa shape index (κ1) is 15.5. The van der Waals surface area contributed by atoms with Crippen molar-refractivity contribution in [1.29, 1.82) is 0 Å². The van der Waals surface area contributed by atoms with Crippen LogP contribution in [-0.2, 0) is 17.6 Å². The maximum absolute atomic E-state index is 12.6. The number of quaternary nitrogens is 1. The Labute approximate surface area is 134 Å². The number of carbonyl (C=O) groups is 1. The quantitative estimate of drug-likeness (QED) is 0.883. The molecule has 1 fully saturated rings. The van der Waals surface area contributed by atoms with Crippen LogP contribution in [-0.4, -0.2) is 25.0 Å². The molecule has 0 aromatic heterocycles. The summed E-state index contributed by atoms with van der Waals surface area (Å²) in [5.41, 5.74) is 3.86. The summed E-state index contributed by atoms with van der Waals surface area (Å²) in [7, 11) is 0. The van der Waals surface area contributed by atoms with Crippen molar-refractivity contribution in [3.63, 3.8) is 0 Å². The number of amides is 1. The van der Waals surface area contributed by atoms with Gasteiger partial charge >= 0.3 is 0 Å². The molecule has 0 unspecified atom stereocenters. The van der Waals surface area contributed by atoms with Crippen molar-refractivity contribution in [2.24, 2.45) is 0 Å². The van der Waals surface area contributed by atoms with Crippen LogP contribution in [0.1, 0.15) is 56.6 Å². The van der Waals surface area contributed by atoms with Gasteiger partial charge in [0, 0.05) is 5.69 Å². The highest BCUT2D eigenvalue weighted by Crippen LogP contribution is 2.24. The minimum Gasteiger partial charge on any atom is -0.325 e. The SMILES string of the molecule is C[C@H](C(=O)Nc1ccc2c(c1)CCC2)[NH+]1CCCCCCC1. The monoisotopic (exact) mass is 301 g/mol. The van der Waals surface area contributed by atoms with Gasteiger partial charge in [-0.2, -0.15) is 0 Å². The van der Waals surface area contributed by atoms with Gasteiger partial charge in [-0.3, -0.25) is 4.79 Å². The van der Waals surface area contributed by atoms with Crippen LogP contribution in [0.4, 0.5) is 5.69 Å². The van der Waals surface area contributed by atoms with Crippen molar-refractivity contribution >= 4 is 11.6 Å². The third kappa shape index (κ3) is 3.70. The summed E-state index contributed by atoms with van der Waals surface area (Å²) in [6.07, 6.45) is 10.1. The van der Waals surface area contributed by atoms with Gasteiger partial charge < -0.3 is 10.2 Å². The van der Waals surface area contributed by atoms with E-state index < -0.39 is 0 Å². The van der Waals surface area contributed by atoms with E-state index in [1.807, 2.05) is 0 Å². The van der Waals surface area contributed by atoms with Crippen molar-refractivity contribution in [2.75, 3.05) is 18.4 Å². The molecule has 1 atom stereocenters. The molecule has 3 nitrogen and oxygen atoms in total. The highest BCUT2D eigenvalue weighted by atomic mass is 16.2. The van der Waals surface area contributed by atoms with E-state index in [1.54, 1.807) is 0 Å². The standard InChI is InChI=1S/C19H28N2O/c1-15(21-12-5-3-2-4-6-13-21)19(22)20-18-11-10-16-8-7-9-17(16)14-18/h10-11,14-15H,2-9,12-13H2,1H3,(H,20,22)/p+1/t15-/m1/s1. The number of hydrogen-bond acceptors (Lipinski definition) is 1. The summed E-state index contributed by atoms with van der Waals surface area (Å²) < 4.78 is 0. The van der Waals surface area contributed by atoms with Crippen LogP contribution in [0.5, 0.6) is 0 Å². The maximum Gasteiger partial charge on any atom is 0.282 e. The highest BCUT2D eigenvalue weighted by molar-refractivity contribution is 5.93. The van der Waals surface area contributed by atoms with Crippen molar-refractivity contribution < 1.29 is 9.69 Å². The number of fused-ring (bicyclic) bond motifs is 1. The van der Waals surface area contributed by atoms with Crippen molar-refractivity contribution in [1.82, 2.24) is 0 Å². The molecule has 1 aliphatic heterocycles. The molecule has 3 heteroatoms. The Kier molecular flexibility index (Phi) is 5.14. The molecule has 0 spiro atoms. The minimum absolute atomic E-state index is 0.0476. The fourth-order valence-corrected chi connectivity index (χ4v) is 3.88. The normalized spacial score (nSPS) is 20.8. The van der Waals surface area contributed by atoms with E-state index in [0.29, 0.717) is 0 Å². The molecule has 22 heavy (non-hydrogen) atoms. The third-order valence-electron chi connectivity index (χ3n) is 5.37. The van der Waals surface area contributed by atoms with Gasteiger partial charge in [0.05, 0.1) is 13.1 Å². The summed E-state index contributed by atoms with van der Waals surface area (Å²) in [6, 6.07) is 6.48. The van der Waals surface area contributed by atoms with E-state index in [2.05, 4.69) is 30.4 Å². The topological polar surface area (TPSA) is 33.5 Å². The third-order valence-corrected chi connectivity index (χ3v) is 5.37. The fraction of sp³-hybridized carbons (Fsp3) is 0.632. The van der Waals surface area contributed by atoms with Crippen molar-refractivity contribution in [2.45, 2.75) is 64.3 Å². The van der Waals surface area contributed by atoms with E-state index in [9.17, 15) is 4.79 Å². The zero-order valence-electron chi connectivity index (χ0n) is 13.8. The Bertz CT molecular complexity index is 518. The first-order valence-corrected chi connectivity index (χ1v) is 9.01. The van der Waals surface area contributed by atoms with Gasteiger partial charge in [-0.1, -0.05) is 12.5 Å². The van der Waals surface area contributed by atoms with Crippen LogP contribution in [0.15, 0.2) is 18.2 Å². The zero-order valence-corrected chi connectivity index (χ0v) is 13.8. The molecule has 120 valence electrons. The number of hydrogen-bond donors (Lipinski definition) is 2. The summed E-state index contributed by atoms with van der Waals surface area (Å²) in [4.78, 5) is 14.0. The second-order valence-electron chi connectivity index (χ2n) is 6.97. The number of carbonyl (C=O) groups excluding carboxylic acids is 1. The molecule has 0 bridgehead atoms. The molecule has 1 heterocycles. The van der Waals surface area contributed by atoms with Crippen LogP contribution in [0.3, 0.4) is 0 Å². The van der Waals surface area contributed by atoms with Crippen molar-refractivity contribution in [3.05, 3.63) is 29.3 Å². The molecule has 1 saturated heterocycles. The van der Waals surface area contributed by atoms with E-state index in [-0.39, 0.29) is 11.9 Å². The molecule has 1 amide bonds. The average Bonchev–Trinajstić information content (AvgIpc) is 2.94. The summed E-state index contributed by atoms with van der Waals surface area (Å²) in [6.45, 7) is 4.36. The smallest absolute Gasteiger partial charge is 0.282 e. The first-order chi connectivity index (χ1) is 10.7. The number of rotatable bonds is 3. The summed E-state index contributed by atoms with van der Waals surface area (Å²) in [5, 5.41) is 3.14. The highest BCUT2D eigenvalue weighted by Gasteiger charge is 2.25. The summed E-state index contributed by atoms with van der Waals surface area (Å²) >= 11 is 0. The largest absolute Gasteiger partial charge is 0.325 e. The lowest BCUT2D eigenvalue weighted by Crippen LogP contribution is -3.16. The molecule has 3 rings (SSSR count). The Hall–Kier alpha value is -1.35. The number of nitrogens with one attached hydrogen (secondary N) is 2. The van der Waals surface area contributed by atoms with Gasteiger partial charge in [-0.05, 0) is 75.1 Å². The molecule has 0 saturated carbocycles. The van der Waals surface area contributed by atoms with E-state index in [4.69, 9.17) is 0 Å². The second kappa shape index (κ2) is 7.28. The molecule has 1 aliphatic carbocycles. The van der Waals surface area contributed by atoms with Gasteiger partial charge in [0.15, 0.2) is 6.04 Å². The maximum atomic E-state index is 12.6. The molecule has 0 radical (unpaired) electrons. The molecule has 2 aliphatic rings. The molecular weight excluding hydrogens is 272 g/mol. The van der Waals surface area contributed by atoms with Crippen LogP contribution < -0.4 is 10.2 Å². The minimum atomic E-state index is 0.0476. The van der Waals surface area contributed by atoms with Gasteiger partial charge in [0.2, 0.25) is 0 Å². The van der Waals surface area contributed by atoms with E-state index >= 15 is 0 Å². The lowest BCUT2D eigenvalue weighted by atomic mass is 10.1. The number of benzene rings is 1. The van der Waals surface area contributed by atoms with Gasteiger partial charge in [-0.15, -0.1) is 0 Å². The van der Waals surface area contributed by atoms with Gasteiger partial charge in [0.1, 0.15) is 0 Å². The van der Waals surface area contributed by atoms with Crippen molar-refractivity contribution in [3.8, 4) is 0 Å². The van der Waals surface area contributed by atoms with Gasteiger partial charge in [-0.25, -0.2) is 0 Å². The second-order valence-corrected chi connectivity index (χ2v) is 6.97. The fourth-order valence-electron chi connectivity index (χ4n) is 3.88. The number of likely N-dealkylation sites (tertiary alicyclic amines) is 1. The van der Waals surface area contributed by atoms with E-state index in [1.165, 1.54) is 61.0 Å². The molecular formula is C19H29N2O+. The lowest BCUT2D eigenvalue weighted by molar-refractivity contribution is -0.914. The predicted octanol–water partition coefficient (Wildman–Crippen LogP) is 2.35. The summed E-state index contributed by atoms with van der Waals surface area (Å²) in [5.74, 6) is 0.175. The Morgan fingerprint density at radius 3 is 2.45 bits per heavy atom. The van der Waals surface area contributed by atoms with E-state index in [0.717, 1.165) is 25.2 Å². The van der Waals surface area contributed by atoms with Crippen LogP contribution in [0, 0.1) is 0 Å². The average molecular weight is 301 g/mol. The van der Waals surface area contributed by atoms with Crippen LogP contribution in [0.25, 0.3) is 0 Å². The predicted molar refractivity (Wildman–Crippen MR) is 90.3 cm³/mol. The lowest BCUT2D eigenvalue weighted by Gasteiger charge is -2.27. The van der Waals surface area contributed by atoms with Gasteiger partial charge in [0.25, 0.3) is 5.91 Å². The zero-order chi connectivity index (χ0) is 15.4. The molecule has 2 N–H and O–H groups in total. The Balaban J connectivity index is 1.60.